The highest BCUT2D eigenvalue weighted by molar-refractivity contribution is 7.80. The van der Waals surface area contributed by atoms with E-state index in [0.717, 1.165) is 25.1 Å². The molecule has 0 N–H and O–H groups in total. The zero-order valence-electron chi connectivity index (χ0n) is 11.0. The van der Waals surface area contributed by atoms with Crippen molar-refractivity contribution in [1.82, 2.24) is 4.90 Å². The Morgan fingerprint density at radius 2 is 2.12 bits per heavy atom. The third-order valence-corrected chi connectivity index (χ3v) is 4.41. The first kappa shape index (κ1) is 13.2. The molecule has 1 heterocycles. The van der Waals surface area contributed by atoms with Crippen LogP contribution in [0.2, 0.25) is 0 Å². The number of nitrogens with zero attached hydrogens (tertiary/aromatic N) is 1. The maximum Gasteiger partial charge on any atom is 0.223 e. The SMILES string of the molecule is CC1CN(C(=O)CC2(CS)CC2)CC(C)(C)O1. The lowest BCUT2D eigenvalue weighted by atomic mass is 10.0. The van der Waals surface area contributed by atoms with E-state index in [0.29, 0.717) is 13.0 Å². The quantitative estimate of drug-likeness (QED) is 0.785. The third kappa shape index (κ3) is 3.16. The monoisotopic (exact) mass is 257 g/mol. The van der Waals surface area contributed by atoms with Crippen molar-refractivity contribution in [1.29, 1.82) is 0 Å². The number of carbonyl (C=O) groups excluding carboxylic acids is 1. The fourth-order valence-corrected chi connectivity index (χ4v) is 3.07. The van der Waals surface area contributed by atoms with Gasteiger partial charge in [0.15, 0.2) is 0 Å². The highest BCUT2D eigenvalue weighted by atomic mass is 32.1. The van der Waals surface area contributed by atoms with E-state index in [-0.39, 0.29) is 23.0 Å². The summed E-state index contributed by atoms with van der Waals surface area (Å²) in [6.45, 7) is 7.57. The lowest BCUT2D eigenvalue weighted by Gasteiger charge is -2.42. The van der Waals surface area contributed by atoms with Crippen LogP contribution in [0, 0.1) is 5.41 Å². The second kappa shape index (κ2) is 4.47. The molecular weight excluding hydrogens is 234 g/mol. The Morgan fingerprint density at radius 3 is 2.59 bits per heavy atom. The Labute approximate surface area is 109 Å². The molecule has 0 radical (unpaired) electrons. The van der Waals surface area contributed by atoms with Crippen molar-refractivity contribution in [3.63, 3.8) is 0 Å². The summed E-state index contributed by atoms with van der Waals surface area (Å²) in [5, 5.41) is 0. The smallest absolute Gasteiger partial charge is 0.223 e. The summed E-state index contributed by atoms with van der Waals surface area (Å²) >= 11 is 4.36. The number of carbonyl (C=O) groups is 1. The largest absolute Gasteiger partial charge is 0.369 e. The van der Waals surface area contributed by atoms with Gasteiger partial charge >= 0.3 is 0 Å². The fraction of sp³-hybridized carbons (Fsp3) is 0.923. The summed E-state index contributed by atoms with van der Waals surface area (Å²) in [5.74, 6) is 1.11. The third-order valence-electron chi connectivity index (χ3n) is 3.74. The predicted octanol–water partition coefficient (Wildman–Crippen LogP) is 2.11. The van der Waals surface area contributed by atoms with Crippen LogP contribution in [0.1, 0.15) is 40.0 Å². The van der Waals surface area contributed by atoms with Gasteiger partial charge in [-0.3, -0.25) is 4.79 Å². The molecule has 1 unspecified atom stereocenters. The molecule has 2 rings (SSSR count). The lowest BCUT2D eigenvalue weighted by molar-refractivity contribution is -0.159. The number of thiol groups is 1. The molecule has 0 aromatic rings. The minimum atomic E-state index is -0.217. The van der Waals surface area contributed by atoms with Gasteiger partial charge in [-0.2, -0.15) is 12.6 Å². The Balaban J connectivity index is 1.95. The van der Waals surface area contributed by atoms with E-state index in [1.165, 1.54) is 0 Å². The van der Waals surface area contributed by atoms with E-state index in [1.54, 1.807) is 0 Å². The number of hydrogen-bond donors (Lipinski definition) is 1. The number of morpholine rings is 1. The van der Waals surface area contributed by atoms with E-state index < -0.39 is 0 Å². The molecule has 2 fully saturated rings. The Hall–Kier alpha value is -0.220. The molecule has 1 saturated carbocycles. The normalized spacial score (nSPS) is 30.1. The van der Waals surface area contributed by atoms with Crippen LogP contribution < -0.4 is 0 Å². The molecule has 1 saturated heterocycles. The summed E-state index contributed by atoms with van der Waals surface area (Å²) in [5.41, 5.74) is -0.00309. The van der Waals surface area contributed by atoms with Crippen LogP contribution in [0.15, 0.2) is 0 Å². The van der Waals surface area contributed by atoms with Crippen LogP contribution in [-0.4, -0.2) is 41.4 Å². The number of hydrogen-bond acceptors (Lipinski definition) is 3. The van der Waals surface area contributed by atoms with Crippen LogP contribution in [0.5, 0.6) is 0 Å². The number of rotatable bonds is 3. The molecule has 0 aromatic carbocycles. The van der Waals surface area contributed by atoms with Crippen molar-refractivity contribution in [2.75, 3.05) is 18.8 Å². The van der Waals surface area contributed by atoms with Crippen LogP contribution in [-0.2, 0) is 9.53 Å². The molecule has 17 heavy (non-hydrogen) atoms. The van der Waals surface area contributed by atoms with Crippen molar-refractivity contribution in [2.45, 2.75) is 51.7 Å². The molecule has 1 aliphatic heterocycles. The second-order valence-electron chi connectivity index (χ2n) is 6.30. The zero-order valence-corrected chi connectivity index (χ0v) is 11.9. The van der Waals surface area contributed by atoms with Gasteiger partial charge < -0.3 is 9.64 Å². The van der Waals surface area contributed by atoms with E-state index in [2.05, 4.69) is 26.5 Å². The molecule has 98 valence electrons. The molecule has 0 aromatic heterocycles. The van der Waals surface area contributed by atoms with Gasteiger partial charge in [0.25, 0.3) is 0 Å². The molecule has 2 aliphatic rings. The van der Waals surface area contributed by atoms with Gasteiger partial charge in [0.1, 0.15) is 0 Å². The van der Waals surface area contributed by atoms with Crippen LogP contribution >= 0.6 is 12.6 Å². The average Bonchev–Trinajstić information content (AvgIpc) is 2.95. The first-order chi connectivity index (χ1) is 7.86. The molecule has 3 nitrogen and oxygen atoms in total. The highest BCUT2D eigenvalue weighted by Gasteiger charge is 2.45. The van der Waals surface area contributed by atoms with Gasteiger partial charge in [0.2, 0.25) is 5.91 Å². The first-order valence-corrected chi connectivity index (χ1v) is 7.06. The summed E-state index contributed by atoms with van der Waals surface area (Å²) in [7, 11) is 0. The predicted molar refractivity (Wildman–Crippen MR) is 71.3 cm³/mol. The van der Waals surface area contributed by atoms with Gasteiger partial charge in [0, 0.05) is 19.5 Å². The van der Waals surface area contributed by atoms with Gasteiger partial charge in [0.05, 0.1) is 11.7 Å². The van der Waals surface area contributed by atoms with Gasteiger partial charge in [-0.1, -0.05) is 0 Å². The van der Waals surface area contributed by atoms with E-state index in [1.807, 2.05) is 11.8 Å². The lowest BCUT2D eigenvalue weighted by Crippen LogP contribution is -2.54. The Kier molecular flexibility index (Phi) is 3.47. The molecule has 1 aliphatic carbocycles. The Morgan fingerprint density at radius 1 is 1.47 bits per heavy atom. The van der Waals surface area contributed by atoms with Crippen molar-refractivity contribution < 1.29 is 9.53 Å². The minimum absolute atomic E-state index is 0.133. The van der Waals surface area contributed by atoms with E-state index >= 15 is 0 Å². The molecule has 0 bridgehead atoms. The summed E-state index contributed by atoms with van der Waals surface area (Å²) < 4.78 is 5.82. The van der Waals surface area contributed by atoms with Gasteiger partial charge in [-0.25, -0.2) is 0 Å². The van der Waals surface area contributed by atoms with Crippen molar-refractivity contribution >= 4 is 18.5 Å². The van der Waals surface area contributed by atoms with Gasteiger partial charge in [-0.05, 0) is 44.8 Å². The Bertz CT molecular complexity index is 313. The fourth-order valence-electron chi connectivity index (χ4n) is 2.64. The van der Waals surface area contributed by atoms with Crippen molar-refractivity contribution in [3.8, 4) is 0 Å². The van der Waals surface area contributed by atoms with Crippen LogP contribution in [0.4, 0.5) is 0 Å². The second-order valence-corrected chi connectivity index (χ2v) is 6.61. The molecule has 4 heteroatoms. The molecule has 1 amide bonds. The first-order valence-electron chi connectivity index (χ1n) is 6.42. The minimum Gasteiger partial charge on any atom is -0.369 e. The molecule has 0 spiro atoms. The standard InChI is InChI=1S/C13H23NO2S/c1-10-7-14(8-12(2,3)16-10)11(15)6-13(9-17)4-5-13/h10,17H,4-9H2,1-3H3. The number of amides is 1. The number of ether oxygens (including phenoxy) is 1. The summed E-state index contributed by atoms with van der Waals surface area (Å²) in [6, 6.07) is 0. The average molecular weight is 257 g/mol. The topological polar surface area (TPSA) is 29.5 Å². The van der Waals surface area contributed by atoms with Crippen LogP contribution in [0.3, 0.4) is 0 Å². The van der Waals surface area contributed by atoms with E-state index in [9.17, 15) is 4.79 Å². The summed E-state index contributed by atoms with van der Waals surface area (Å²) in [4.78, 5) is 14.3. The van der Waals surface area contributed by atoms with Gasteiger partial charge in [-0.15, -0.1) is 0 Å². The van der Waals surface area contributed by atoms with E-state index in [4.69, 9.17) is 4.74 Å². The van der Waals surface area contributed by atoms with Crippen LogP contribution in [0.25, 0.3) is 0 Å². The van der Waals surface area contributed by atoms with Crippen molar-refractivity contribution in [3.05, 3.63) is 0 Å². The maximum atomic E-state index is 12.3. The zero-order chi connectivity index (χ0) is 12.7. The molecule has 1 atom stereocenters. The maximum absolute atomic E-state index is 12.3. The summed E-state index contributed by atoms with van der Waals surface area (Å²) in [6.07, 6.45) is 3.12. The molecular formula is C13H23NO2S. The highest BCUT2D eigenvalue weighted by Crippen LogP contribution is 2.50. The van der Waals surface area contributed by atoms with Crippen molar-refractivity contribution in [2.24, 2.45) is 5.41 Å².